The molecule has 0 fully saturated rings. The lowest BCUT2D eigenvalue weighted by atomic mass is 10.1. The fraction of sp³-hybridized carbons (Fsp3) is 0.333. The molecule has 0 saturated carbocycles. The molecule has 0 aromatic heterocycles. The SMILES string of the molecule is CCN(C(C)Cc1ccc(OC)cc1)S(=O)(=O)c1cccc2c1N=S=N2. The Labute approximate surface area is 157 Å². The van der Waals surface area contributed by atoms with Gasteiger partial charge in [-0.25, -0.2) is 8.42 Å². The molecule has 1 atom stereocenters. The molecule has 1 aliphatic rings. The number of likely N-dealkylation sites (N-methyl/N-ethyl adjacent to an activating group) is 1. The number of sulfonamides is 1. The van der Waals surface area contributed by atoms with E-state index in [2.05, 4.69) is 8.73 Å². The second kappa shape index (κ2) is 7.69. The number of rotatable bonds is 7. The minimum Gasteiger partial charge on any atom is -0.497 e. The highest BCUT2D eigenvalue weighted by Crippen LogP contribution is 2.39. The van der Waals surface area contributed by atoms with E-state index in [9.17, 15) is 8.42 Å². The van der Waals surface area contributed by atoms with Crippen molar-refractivity contribution >= 4 is 32.8 Å². The van der Waals surface area contributed by atoms with E-state index in [1.54, 1.807) is 25.3 Å². The van der Waals surface area contributed by atoms with Gasteiger partial charge in [-0.15, -0.1) is 0 Å². The van der Waals surface area contributed by atoms with Gasteiger partial charge < -0.3 is 4.74 Å². The molecular formula is C18H21N3O3S2. The maximum Gasteiger partial charge on any atom is 0.245 e. The van der Waals surface area contributed by atoms with Gasteiger partial charge >= 0.3 is 0 Å². The van der Waals surface area contributed by atoms with Crippen LogP contribution >= 0.6 is 0 Å². The summed E-state index contributed by atoms with van der Waals surface area (Å²) in [6.07, 6.45) is 0.613. The maximum atomic E-state index is 13.3. The highest BCUT2D eigenvalue weighted by molar-refractivity contribution is 7.89. The summed E-state index contributed by atoms with van der Waals surface area (Å²) in [5, 5.41) is 0. The van der Waals surface area contributed by atoms with Crippen LogP contribution in [0.4, 0.5) is 11.4 Å². The van der Waals surface area contributed by atoms with Crippen molar-refractivity contribution in [1.82, 2.24) is 4.31 Å². The normalized spacial score (nSPS) is 14.2. The van der Waals surface area contributed by atoms with Crippen LogP contribution in [0.1, 0.15) is 19.4 Å². The smallest absolute Gasteiger partial charge is 0.245 e. The molecule has 0 bridgehead atoms. The summed E-state index contributed by atoms with van der Waals surface area (Å²) in [5.74, 6) is 0.782. The summed E-state index contributed by atoms with van der Waals surface area (Å²) in [5.41, 5.74) is 2.10. The van der Waals surface area contributed by atoms with Gasteiger partial charge in [0, 0.05) is 12.6 Å². The molecule has 0 radical (unpaired) electrons. The quantitative estimate of drug-likeness (QED) is 0.610. The first-order valence-electron chi connectivity index (χ1n) is 8.33. The van der Waals surface area contributed by atoms with Crippen molar-refractivity contribution in [2.24, 2.45) is 8.73 Å². The van der Waals surface area contributed by atoms with Gasteiger partial charge in [0.25, 0.3) is 0 Å². The summed E-state index contributed by atoms with van der Waals surface area (Å²) < 4.78 is 41.5. The van der Waals surface area contributed by atoms with E-state index in [0.717, 1.165) is 22.7 Å². The van der Waals surface area contributed by atoms with Crippen LogP contribution in [0.15, 0.2) is 56.1 Å². The molecule has 138 valence electrons. The molecule has 8 heteroatoms. The molecular weight excluding hydrogens is 370 g/mol. The number of fused-ring (bicyclic) bond motifs is 1. The molecule has 1 heterocycles. The average molecular weight is 392 g/mol. The van der Waals surface area contributed by atoms with Gasteiger partial charge in [-0.05, 0) is 43.2 Å². The summed E-state index contributed by atoms with van der Waals surface area (Å²) in [6.45, 7) is 4.15. The molecule has 0 saturated heterocycles. The Balaban J connectivity index is 1.87. The summed E-state index contributed by atoms with van der Waals surface area (Å²) in [6, 6.07) is 12.6. The van der Waals surface area contributed by atoms with Gasteiger partial charge in [0.05, 0.1) is 18.5 Å². The minimum atomic E-state index is -3.67. The van der Waals surface area contributed by atoms with Crippen LogP contribution in [0.2, 0.25) is 0 Å². The predicted octanol–water partition coefficient (Wildman–Crippen LogP) is 4.06. The average Bonchev–Trinajstić information content (AvgIpc) is 3.11. The standard InChI is InChI=1S/C18H21N3O3S2/c1-4-21(13(2)12-14-8-10-15(24-3)11-9-14)26(22,23)17-7-5-6-16-18(17)20-25-19-16/h5-11,13H,4,12H2,1-3H3. The first-order chi connectivity index (χ1) is 12.5. The molecule has 6 nitrogen and oxygen atoms in total. The Morgan fingerprint density at radius 3 is 2.54 bits per heavy atom. The summed E-state index contributed by atoms with van der Waals surface area (Å²) in [7, 11) is -2.05. The van der Waals surface area contributed by atoms with Crippen molar-refractivity contribution in [3.05, 3.63) is 48.0 Å². The number of hydrogen-bond acceptors (Lipinski definition) is 5. The first kappa shape index (κ1) is 18.8. The second-order valence-electron chi connectivity index (χ2n) is 6.00. The topological polar surface area (TPSA) is 71.3 Å². The van der Waals surface area contributed by atoms with Crippen LogP contribution in [0, 0.1) is 0 Å². The third-order valence-corrected chi connectivity index (χ3v) is 6.99. The van der Waals surface area contributed by atoms with Crippen molar-refractivity contribution in [2.45, 2.75) is 31.2 Å². The van der Waals surface area contributed by atoms with E-state index >= 15 is 0 Å². The highest BCUT2D eigenvalue weighted by Gasteiger charge is 2.31. The third kappa shape index (κ3) is 3.58. The molecule has 2 aromatic rings. The molecule has 0 amide bonds. The summed E-state index contributed by atoms with van der Waals surface area (Å²) in [4.78, 5) is 0.215. The van der Waals surface area contributed by atoms with Gasteiger partial charge in [0.15, 0.2) is 0 Å². The molecule has 1 unspecified atom stereocenters. The lowest BCUT2D eigenvalue weighted by molar-refractivity contribution is 0.348. The van der Waals surface area contributed by atoms with Crippen molar-refractivity contribution < 1.29 is 13.2 Å². The van der Waals surface area contributed by atoms with Crippen LogP contribution in [-0.4, -0.2) is 32.4 Å². The van der Waals surface area contributed by atoms with Crippen LogP contribution in [0.3, 0.4) is 0 Å². The molecule has 3 rings (SSSR count). The number of benzene rings is 2. The van der Waals surface area contributed by atoms with Crippen molar-refractivity contribution in [1.29, 1.82) is 0 Å². The summed E-state index contributed by atoms with van der Waals surface area (Å²) >= 11 is 1.02. The Bertz CT molecular complexity index is 966. The van der Waals surface area contributed by atoms with Crippen LogP contribution in [0.25, 0.3) is 0 Å². The molecule has 0 N–H and O–H groups in total. The fourth-order valence-corrected chi connectivity index (χ4v) is 5.43. The van der Waals surface area contributed by atoms with Crippen LogP contribution in [-0.2, 0) is 27.8 Å². The van der Waals surface area contributed by atoms with Gasteiger partial charge in [0.2, 0.25) is 10.0 Å². The van der Waals surface area contributed by atoms with E-state index in [1.807, 2.05) is 38.1 Å². The number of ether oxygens (including phenoxy) is 1. The molecule has 26 heavy (non-hydrogen) atoms. The maximum absolute atomic E-state index is 13.3. The fourth-order valence-electron chi connectivity index (χ4n) is 3.04. The van der Waals surface area contributed by atoms with E-state index in [0.29, 0.717) is 24.3 Å². The number of nitrogens with zero attached hydrogens (tertiary/aromatic N) is 3. The Morgan fingerprint density at radius 1 is 1.15 bits per heavy atom. The van der Waals surface area contributed by atoms with Crippen LogP contribution < -0.4 is 4.74 Å². The highest BCUT2D eigenvalue weighted by atomic mass is 32.2. The lowest BCUT2D eigenvalue weighted by Gasteiger charge is -2.27. The number of methoxy groups -OCH3 is 1. The van der Waals surface area contributed by atoms with Crippen molar-refractivity contribution in [3.63, 3.8) is 0 Å². The van der Waals surface area contributed by atoms with E-state index in [1.165, 1.54) is 4.31 Å². The zero-order valence-corrected chi connectivity index (χ0v) is 16.5. The van der Waals surface area contributed by atoms with E-state index in [4.69, 9.17) is 4.74 Å². The lowest BCUT2D eigenvalue weighted by Crippen LogP contribution is -2.39. The molecule has 0 spiro atoms. The van der Waals surface area contributed by atoms with Gasteiger partial charge in [0.1, 0.15) is 22.0 Å². The number of hydrogen-bond donors (Lipinski definition) is 0. The minimum absolute atomic E-state index is 0.194. The zero-order chi connectivity index (χ0) is 18.7. The van der Waals surface area contributed by atoms with Gasteiger partial charge in [-0.2, -0.15) is 13.0 Å². The van der Waals surface area contributed by atoms with Gasteiger partial charge in [-0.3, -0.25) is 0 Å². The Kier molecular flexibility index (Phi) is 5.55. The zero-order valence-electron chi connectivity index (χ0n) is 14.9. The Hall–Kier alpha value is -2.03. The monoisotopic (exact) mass is 391 g/mol. The van der Waals surface area contributed by atoms with E-state index < -0.39 is 10.0 Å². The van der Waals surface area contributed by atoms with Gasteiger partial charge in [-0.1, -0.05) is 25.1 Å². The van der Waals surface area contributed by atoms with Crippen LogP contribution in [0.5, 0.6) is 5.75 Å². The third-order valence-electron chi connectivity index (χ3n) is 4.33. The second-order valence-corrected chi connectivity index (χ2v) is 8.39. The first-order valence-corrected chi connectivity index (χ1v) is 10.5. The molecule has 0 aliphatic carbocycles. The molecule has 1 aliphatic heterocycles. The van der Waals surface area contributed by atoms with E-state index in [-0.39, 0.29) is 10.9 Å². The largest absolute Gasteiger partial charge is 0.497 e. The van der Waals surface area contributed by atoms with Crippen molar-refractivity contribution in [3.8, 4) is 5.75 Å². The van der Waals surface area contributed by atoms with Crippen molar-refractivity contribution in [2.75, 3.05) is 13.7 Å². The molecule has 2 aromatic carbocycles. The Morgan fingerprint density at radius 2 is 1.88 bits per heavy atom. The predicted molar refractivity (Wildman–Crippen MR) is 104 cm³/mol.